The first-order valence-electron chi connectivity index (χ1n) is 9.99. The Balaban J connectivity index is 1.89. The maximum absolute atomic E-state index is 12.7. The number of carbonyl (C=O) groups excluding carboxylic acids is 3. The number of aromatic amines is 1. The maximum atomic E-state index is 12.7. The second kappa shape index (κ2) is 7.93. The van der Waals surface area contributed by atoms with Gasteiger partial charge in [-0.2, -0.15) is 0 Å². The predicted molar refractivity (Wildman–Crippen MR) is 115 cm³/mol. The monoisotopic (exact) mass is 404 g/mol. The van der Waals surface area contributed by atoms with Crippen molar-refractivity contribution in [2.75, 3.05) is 34.2 Å². The highest BCUT2D eigenvalue weighted by Gasteiger charge is 2.35. The molecule has 2 aliphatic carbocycles. The average Bonchev–Trinajstić information content (AvgIpc) is 3.27. The molecule has 0 spiro atoms. The molecule has 1 aliphatic heterocycles. The van der Waals surface area contributed by atoms with Crippen LogP contribution in [0.25, 0.3) is 0 Å². The molecule has 0 saturated heterocycles. The van der Waals surface area contributed by atoms with Gasteiger partial charge < -0.3 is 15.2 Å². The van der Waals surface area contributed by atoms with E-state index in [1.54, 1.807) is 12.2 Å². The normalized spacial score (nSPS) is 17.7. The van der Waals surface area contributed by atoms with Crippen molar-refractivity contribution in [1.82, 2.24) is 15.2 Å². The number of hydrogen-bond acceptors (Lipinski definition) is 6. The SMILES string of the molecule is CNCCc1c(C2=NC3=CC=CC(=O)C3=C2CCN(C)C)[nH]c2c1C(=O)C=CC2=O. The van der Waals surface area contributed by atoms with Gasteiger partial charge in [0.2, 0.25) is 5.78 Å². The summed E-state index contributed by atoms with van der Waals surface area (Å²) in [6.45, 7) is 1.39. The topological polar surface area (TPSA) is 94.6 Å². The van der Waals surface area contributed by atoms with Gasteiger partial charge in [0.25, 0.3) is 0 Å². The van der Waals surface area contributed by atoms with Gasteiger partial charge >= 0.3 is 0 Å². The summed E-state index contributed by atoms with van der Waals surface area (Å²) in [5.74, 6) is -0.479. The molecule has 7 nitrogen and oxygen atoms in total. The number of hydrogen-bond donors (Lipinski definition) is 2. The van der Waals surface area contributed by atoms with Crippen LogP contribution >= 0.6 is 0 Å². The summed E-state index contributed by atoms with van der Waals surface area (Å²) in [5, 5.41) is 3.10. The zero-order chi connectivity index (χ0) is 21.4. The van der Waals surface area contributed by atoms with E-state index in [-0.39, 0.29) is 17.3 Å². The molecule has 30 heavy (non-hydrogen) atoms. The zero-order valence-corrected chi connectivity index (χ0v) is 17.3. The molecule has 0 aromatic carbocycles. The van der Waals surface area contributed by atoms with Crippen LogP contribution in [0, 0.1) is 0 Å². The van der Waals surface area contributed by atoms with Gasteiger partial charge in [-0.3, -0.25) is 14.4 Å². The fourth-order valence-electron chi connectivity index (χ4n) is 4.02. The molecule has 2 N–H and O–H groups in total. The smallest absolute Gasteiger partial charge is 0.202 e. The Morgan fingerprint density at radius 1 is 1.00 bits per heavy atom. The molecule has 0 unspecified atom stereocenters. The number of carbonyl (C=O) groups is 3. The molecule has 0 saturated carbocycles. The molecule has 0 amide bonds. The van der Waals surface area contributed by atoms with Crippen LogP contribution in [0.4, 0.5) is 0 Å². The summed E-state index contributed by atoms with van der Waals surface area (Å²) < 4.78 is 0. The first-order chi connectivity index (χ1) is 14.4. The van der Waals surface area contributed by atoms with Gasteiger partial charge in [0.15, 0.2) is 11.6 Å². The fraction of sp³-hybridized carbons (Fsp3) is 0.304. The van der Waals surface area contributed by atoms with E-state index in [0.29, 0.717) is 53.3 Å². The van der Waals surface area contributed by atoms with E-state index in [1.165, 1.54) is 12.2 Å². The number of allylic oxidation sites excluding steroid dienone is 6. The molecule has 2 heterocycles. The van der Waals surface area contributed by atoms with Crippen molar-refractivity contribution in [2.45, 2.75) is 12.8 Å². The van der Waals surface area contributed by atoms with Crippen molar-refractivity contribution < 1.29 is 14.4 Å². The van der Waals surface area contributed by atoms with Gasteiger partial charge in [0.05, 0.1) is 33.9 Å². The number of aromatic nitrogens is 1. The Morgan fingerprint density at radius 2 is 1.77 bits per heavy atom. The van der Waals surface area contributed by atoms with E-state index in [0.717, 1.165) is 17.7 Å². The number of rotatable bonds is 7. The van der Waals surface area contributed by atoms with Gasteiger partial charge in [-0.05, 0) is 76.0 Å². The summed E-state index contributed by atoms with van der Waals surface area (Å²) in [6, 6.07) is 0. The largest absolute Gasteiger partial charge is 0.350 e. The summed E-state index contributed by atoms with van der Waals surface area (Å²) >= 11 is 0. The van der Waals surface area contributed by atoms with Crippen LogP contribution < -0.4 is 5.32 Å². The minimum atomic E-state index is -0.225. The van der Waals surface area contributed by atoms with Gasteiger partial charge in [-0.15, -0.1) is 0 Å². The summed E-state index contributed by atoms with van der Waals surface area (Å²) in [7, 11) is 5.79. The molecule has 154 valence electrons. The number of H-pyrrole nitrogens is 1. The summed E-state index contributed by atoms with van der Waals surface area (Å²) in [4.78, 5) is 47.8. The quantitative estimate of drug-likeness (QED) is 0.723. The first kappa shape index (κ1) is 20.1. The number of nitrogens with one attached hydrogen (secondary N) is 2. The molecule has 4 rings (SSSR count). The van der Waals surface area contributed by atoms with E-state index in [1.807, 2.05) is 27.2 Å². The standard InChI is InChI=1S/C23H24N4O3/c1-24-11-9-13-20-17(29)7-8-18(30)23(20)26-22(13)21-14(10-12-27(2)3)19-15(25-21)5-4-6-16(19)28/h4-8,24,26H,9-12H2,1-3H3. The van der Waals surface area contributed by atoms with E-state index >= 15 is 0 Å². The highest BCUT2D eigenvalue weighted by Crippen LogP contribution is 2.36. The lowest BCUT2D eigenvalue weighted by molar-refractivity contribution is -0.111. The van der Waals surface area contributed by atoms with Crippen molar-refractivity contribution in [3.05, 3.63) is 69.7 Å². The van der Waals surface area contributed by atoms with Gasteiger partial charge in [0, 0.05) is 6.54 Å². The van der Waals surface area contributed by atoms with Gasteiger partial charge in [-0.25, -0.2) is 4.99 Å². The number of ketones is 3. The highest BCUT2D eigenvalue weighted by molar-refractivity contribution is 6.27. The third-order valence-electron chi connectivity index (χ3n) is 5.48. The number of nitrogens with zero attached hydrogens (tertiary/aromatic N) is 2. The van der Waals surface area contributed by atoms with Crippen LogP contribution in [0.15, 0.2) is 52.2 Å². The number of fused-ring (bicyclic) bond motifs is 2. The Labute approximate surface area is 174 Å². The molecule has 7 heteroatoms. The van der Waals surface area contributed by atoms with E-state index in [4.69, 9.17) is 4.99 Å². The Kier molecular flexibility index (Phi) is 5.32. The lowest BCUT2D eigenvalue weighted by Gasteiger charge is -2.14. The van der Waals surface area contributed by atoms with E-state index < -0.39 is 0 Å². The third kappa shape index (κ3) is 3.36. The van der Waals surface area contributed by atoms with Crippen molar-refractivity contribution in [1.29, 1.82) is 0 Å². The molecular formula is C23H24N4O3. The van der Waals surface area contributed by atoms with Crippen molar-refractivity contribution >= 4 is 23.1 Å². The molecule has 1 aromatic rings. The average molecular weight is 404 g/mol. The van der Waals surface area contributed by atoms with Crippen molar-refractivity contribution in [3.63, 3.8) is 0 Å². The van der Waals surface area contributed by atoms with Crippen LogP contribution in [-0.4, -0.2) is 67.2 Å². The Morgan fingerprint density at radius 3 is 2.50 bits per heavy atom. The maximum Gasteiger partial charge on any atom is 0.202 e. The summed E-state index contributed by atoms with van der Waals surface area (Å²) in [5.41, 5.74) is 4.88. The second-order valence-electron chi connectivity index (χ2n) is 7.79. The minimum absolute atomic E-state index is 0.0677. The third-order valence-corrected chi connectivity index (χ3v) is 5.48. The van der Waals surface area contributed by atoms with E-state index in [2.05, 4.69) is 15.2 Å². The van der Waals surface area contributed by atoms with Crippen molar-refractivity contribution in [2.24, 2.45) is 4.99 Å². The molecule has 1 aromatic heterocycles. The van der Waals surface area contributed by atoms with Gasteiger partial charge in [-0.1, -0.05) is 6.08 Å². The lowest BCUT2D eigenvalue weighted by Crippen LogP contribution is -2.19. The molecule has 0 bridgehead atoms. The van der Waals surface area contributed by atoms with Gasteiger partial charge in [0.1, 0.15) is 0 Å². The predicted octanol–water partition coefficient (Wildman–Crippen LogP) is 1.79. The zero-order valence-electron chi connectivity index (χ0n) is 17.3. The Hall–Kier alpha value is -3.16. The number of likely N-dealkylation sites (N-methyl/N-ethyl adjacent to an activating group) is 1. The fourth-order valence-corrected chi connectivity index (χ4v) is 4.02. The molecule has 0 radical (unpaired) electrons. The molecule has 3 aliphatic rings. The first-order valence-corrected chi connectivity index (χ1v) is 9.99. The van der Waals surface area contributed by atoms with Crippen LogP contribution in [0.3, 0.4) is 0 Å². The van der Waals surface area contributed by atoms with Crippen LogP contribution in [-0.2, 0) is 11.2 Å². The Bertz CT molecular complexity index is 1110. The van der Waals surface area contributed by atoms with Crippen molar-refractivity contribution in [3.8, 4) is 0 Å². The second-order valence-corrected chi connectivity index (χ2v) is 7.79. The number of aliphatic imine (C=N–C) groups is 1. The van der Waals surface area contributed by atoms with Crippen LogP contribution in [0.2, 0.25) is 0 Å². The molecular weight excluding hydrogens is 380 g/mol. The molecule has 0 fully saturated rings. The highest BCUT2D eigenvalue weighted by atomic mass is 16.1. The van der Waals surface area contributed by atoms with Crippen LogP contribution in [0.1, 0.15) is 38.5 Å². The lowest BCUT2D eigenvalue weighted by atomic mass is 9.91. The van der Waals surface area contributed by atoms with E-state index in [9.17, 15) is 14.4 Å². The minimum Gasteiger partial charge on any atom is -0.350 e. The molecule has 0 atom stereocenters. The van der Waals surface area contributed by atoms with Crippen LogP contribution in [0.5, 0.6) is 0 Å². The summed E-state index contributed by atoms with van der Waals surface area (Å²) in [6.07, 6.45) is 8.89.